The van der Waals surface area contributed by atoms with Crippen molar-refractivity contribution in [2.75, 3.05) is 19.5 Å². The van der Waals surface area contributed by atoms with E-state index in [0.29, 0.717) is 29.0 Å². The van der Waals surface area contributed by atoms with Gasteiger partial charge in [0.25, 0.3) is 0 Å². The number of methoxy groups -OCH3 is 1. The Morgan fingerprint density at radius 1 is 1.30 bits per heavy atom. The summed E-state index contributed by atoms with van der Waals surface area (Å²) in [6.07, 6.45) is 8.58. The van der Waals surface area contributed by atoms with Gasteiger partial charge in [0.2, 0.25) is 5.95 Å². The van der Waals surface area contributed by atoms with Gasteiger partial charge in [0.1, 0.15) is 28.0 Å². The van der Waals surface area contributed by atoms with Crippen molar-refractivity contribution in [2.45, 2.75) is 38.3 Å². The normalized spacial score (nSPS) is 15.5. The lowest BCUT2D eigenvalue weighted by Crippen LogP contribution is -2.24. The highest BCUT2D eigenvalue weighted by atomic mass is 16.5. The van der Waals surface area contributed by atoms with E-state index in [1.54, 1.807) is 18.7 Å². The van der Waals surface area contributed by atoms with Crippen molar-refractivity contribution < 1.29 is 9.84 Å². The maximum Gasteiger partial charge on any atom is 0.221 e. The molecule has 0 bridgehead atoms. The number of hydrogen-bond donors (Lipinski definition) is 2. The Bertz CT molecular complexity index is 1400. The molecule has 1 aliphatic carbocycles. The highest BCUT2D eigenvalue weighted by molar-refractivity contribution is 6.02. The Kier molecular flexibility index (Phi) is 5.27. The Morgan fingerprint density at radius 2 is 2.12 bits per heavy atom. The summed E-state index contributed by atoms with van der Waals surface area (Å²) in [5.41, 5.74) is 9.53. The number of nitrogens with two attached hydrogens (primary N) is 1. The summed E-state index contributed by atoms with van der Waals surface area (Å²) in [6.45, 7) is 3.20. The molecule has 1 saturated carbocycles. The SMILES string of the molecule is COCCCn1cc(-c2nc(N)nc3cn(C)nc23)c2cc(C#CC(C)(O)C3CC3)ncc21. The molecule has 3 N–H and O–H groups in total. The van der Waals surface area contributed by atoms with Gasteiger partial charge in [-0.1, -0.05) is 5.92 Å². The number of rotatable bonds is 6. The first-order valence-corrected chi connectivity index (χ1v) is 11.1. The minimum absolute atomic E-state index is 0.195. The first kappa shape index (κ1) is 21.4. The fraction of sp³-hybridized carbons (Fsp3) is 0.417. The quantitative estimate of drug-likeness (QED) is 0.346. The molecule has 4 heterocycles. The molecule has 1 aliphatic rings. The Morgan fingerprint density at radius 3 is 2.88 bits per heavy atom. The molecule has 4 aromatic heterocycles. The fourth-order valence-electron chi connectivity index (χ4n) is 4.18. The van der Waals surface area contributed by atoms with E-state index in [4.69, 9.17) is 10.5 Å². The van der Waals surface area contributed by atoms with Crippen LogP contribution in [0.3, 0.4) is 0 Å². The Labute approximate surface area is 191 Å². The van der Waals surface area contributed by atoms with Crippen LogP contribution in [0.25, 0.3) is 33.2 Å². The second-order valence-electron chi connectivity index (χ2n) is 8.81. The summed E-state index contributed by atoms with van der Waals surface area (Å²) in [5.74, 6) is 6.52. The number of hydrogen-bond acceptors (Lipinski definition) is 7. The van der Waals surface area contributed by atoms with Gasteiger partial charge in [-0.05, 0) is 44.1 Å². The third-order valence-electron chi connectivity index (χ3n) is 6.08. The van der Waals surface area contributed by atoms with Gasteiger partial charge in [-0.2, -0.15) is 5.10 Å². The zero-order chi connectivity index (χ0) is 23.2. The topological polar surface area (TPSA) is 117 Å². The molecule has 170 valence electrons. The van der Waals surface area contributed by atoms with Crippen molar-refractivity contribution in [3.05, 3.63) is 30.4 Å². The summed E-state index contributed by atoms with van der Waals surface area (Å²) in [6, 6.07) is 1.94. The first-order valence-electron chi connectivity index (χ1n) is 11.1. The number of aliphatic hydroxyl groups is 1. The van der Waals surface area contributed by atoms with Crippen molar-refractivity contribution in [3.8, 4) is 23.1 Å². The number of aromatic nitrogens is 6. The van der Waals surface area contributed by atoms with E-state index in [9.17, 15) is 5.11 Å². The van der Waals surface area contributed by atoms with Crippen molar-refractivity contribution in [2.24, 2.45) is 13.0 Å². The molecule has 0 saturated heterocycles. The van der Waals surface area contributed by atoms with Gasteiger partial charge in [0.15, 0.2) is 0 Å². The number of nitrogen functional groups attached to an aromatic ring is 1. The van der Waals surface area contributed by atoms with Gasteiger partial charge in [0, 0.05) is 44.5 Å². The average Bonchev–Trinajstić information content (AvgIpc) is 3.50. The monoisotopic (exact) mass is 445 g/mol. The largest absolute Gasteiger partial charge is 0.385 e. The minimum atomic E-state index is -0.993. The molecule has 0 aliphatic heterocycles. The van der Waals surface area contributed by atoms with Gasteiger partial charge in [-0.15, -0.1) is 0 Å². The molecule has 33 heavy (non-hydrogen) atoms. The zero-order valence-electron chi connectivity index (χ0n) is 19.0. The molecule has 1 atom stereocenters. The van der Waals surface area contributed by atoms with E-state index in [1.807, 2.05) is 25.5 Å². The highest BCUT2D eigenvalue weighted by Gasteiger charge is 2.38. The van der Waals surface area contributed by atoms with Crippen LogP contribution in [0.5, 0.6) is 0 Å². The van der Waals surface area contributed by atoms with Crippen molar-refractivity contribution in [3.63, 3.8) is 0 Å². The van der Waals surface area contributed by atoms with Crippen LogP contribution in [0.1, 0.15) is 31.9 Å². The van der Waals surface area contributed by atoms with E-state index in [-0.39, 0.29) is 11.9 Å². The molecule has 1 unspecified atom stereocenters. The van der Waals surface area contributed by atoms with Crippen LogP contribution in [0, 0.1) is 17.8 Å². The van der Waals surface area contributed by atoms with E-state index in [2.05, 4.69) is 42.7 Å². The molecule has 9 heteroatoms. The molecule has 4 aromatic rings. The Hall–Kier alpha value is -3.48. The maximum absolute atomic E-state index is 10.6. The summed E-state index contributed by atoms with van der Waals surface area (Å²) >= 11 is 0. The van der Waals surface area contributed by atoms with Crippen molar-refractivity contribution >= 4 is 27.9 Å². The number of aryl methyl sites for hydroxylation is 2. The van der Waals surface area contributed by atoms with Crippen LogP contribution >= 0.6 is 0 Å². The molecular weight excluding hydrogens is 418 g/mol. The van der Waals surface area contributed by atoms with Gasteiger partial charge in [-0.3, -0.25) is 4.68 Å². The average molecular weight is 446 g/mol. The molecule has 0 aromatic carbocycles. The van der Waals surface area contributed by atoms with Crippen LogP contribution < -0.4 is 5.73 Å². The highest BCUT2D eigenvalue weighted by Crippen LogP contribution is 2.39. The molecule has 0 amide bonds. The molecule has 9 nitrogen and oxygen atoms in total. The fourth-order valence-corrected chi connectivity index (χ4v) is 4.18. The summed E-state index contributed by atoms with van der Waals surface area (Å²) in [5, 5.41) is 16.1. The number of pyridine rings is 1. The maximum atomic E-state index is 10.6. The number of ether oxygens (including phenoxy) is 1. The lowest BCUT2D eigenvalue weighted by molar-refractivity contribution is 0.0980. The van der Waals surface area contributed by atoms with Crippen LogP contribution in [-0.4, -0.2) is 53.7 Å². The van der Waals surface area contributed by atoms with Gasteiger partial charge in [-0.25, -0.2) is 15.0 Å². The second kappa shape index (κ2) is 8.14. The summed E-state index contributed by atoms with van der Waals surface area (Å²) in [4.78, 5) is 13.4. The second-order valence-corrected chi connectivity index (χ2v) is 8.81. The lowest BCUT2D eigenvalue weighted by Gasteiger charge is -2.14. The number of anilines is 1. The van der Waals surface area contributed by atoms with Crippen LogP contribution in [0.2, 0.25) is 0 Å². The smallest absolute Gasteiger partial charge is 0.221 e. The van der Waals surface area contributed by atoms with Gasteiger partial charge < -0.3 is 20.1 Å². The van der Waals surface area contributed by atoms with Gasteiger partial charge in [0.05, 0.1) is 17.9 Å². The standard InChI is InChI=1S/C24H27N7O2/c1-24(32,15-5-6-15)8-7-16-11-17-18(13-31(9-4-10-33-3)20(17)12-26-16)21-22-19(14-30(2)29-22)27-23(25)28-21/h11-15,32H,4-6,9-10H2,1-3H3,(H2,25,27). The van der Waals surface area contributed by atoms with Crippen molar-refractivity contribution in [1.29, 1.82) is 0 Å². The lowest BCUT2D eigenvalue weighted by atomic mass is 10.0. The van der Waals surface area contributed by atoms with Crippen LogP contribution in [-0.2, 0) is 18.3 Å². The molecular formula is C24H27N7O2. The molecule has 1 fully saturated rings. The van der Waals surface area contributed by atoms with E-state index < -0.39 is 5.60 Å². The van der Waals surface area contributed by atoms with Crippen LogP contribution in [0.4, 0.5) is 5.95 Å². The molecule has 0 radical (unpaired) electrons. The predicted octanol–water partition coefficient (Wildman–Crippen LogP) is 2.51. The van der Waals surface area contributed by atoms with E-state index >= 15 is 0 Å². The first-order chi connectivity index (χ1) is 15.9. The zero-order valence-corrected chi connectivity index (χ0v) is 19.0. The number of fused-ring (bicyclic) bond motifs is 2. The molecule has 5 rings (SSSR count). The number of nitrogens with zero attached hydrogens (tertiary/aromatic N) is 6. The van der Waals surface area contributed by atoms with E-state index in [0.717, 1.165) is 42.3 Å². The van der Waals surface area contributed by atoms with Crippen molar-refractivity contribution in [1.82, 2.24) is 29.3 Å². The van der Waals surface area contributed by atoms with E-state index in [1.165, 1.54) is 0 Å². The summed E-state index contributed by atoms with van der Waals surface area (Å²) in [7, 11) is 3.54. The third kappa shape index (κ3) is 4.15. The Balaban J connectivity index is 1.66. The summed E-state index contributed by atoms with van der Waals surface area (Å²) < 4.78 is 9.08. The predicted molar refractivity (Wildman–Crippen MR) is 126 cm³/mol. The minimum Gasteiger partial charge on any atom is -0.385 e. The third-order valence-corrected chi connectivity index (χ3v) is 6.08. The van der Waals surface area contributed by atoms with Crippen LogP contribution in [0.15, 0.2) is 24.7 Å². The van der Waals surface area contributed by atoms with Gasteiger partial charge >= 0.3 is 0 Å². The molecule has 0 spiro atoms.